The maximum atomic E-state index is 12.5. The van der Waals surface area contributed by atoms with E-state index >= 15 is 0 Å². The second-order valence-electron chi connectivity index (χ2n) is 15.9. The topological polar surface area (TPSA) is 264 Å². The Bertz CT molecular complexity index is 2380. The minimum absolute atomic E-state index is 0. The molecule has 80 heavy (non-hydrogen) atoms. The third-order valence-electron chi connectivity index (χ3n) is 10.4. The number of hydrogen-bond donors (Lipinski definition) is 4. The number of aliphatic carboxylic acids is 2. The van der Waals surface area contributed by atoms with Crippen LogP contribution in [0.5, 0.6) is 0 Å². The van der Waals surface area contributed by atoms with E-state index in [0.717, 1.165) is 33.4 Å². The first-order valence-electron chi connectivity index (χ1n) is 23.4. The van der Waals surface area contributed by atoms with Crippen molar-refractivity contribution in [3.05, 3.63) is 204 Å². The fraction of sp³-hybridized carbons (Fsp3) is 0.333. The number of hydrogen-bond acceptors (Lipinski definition) is 12. The summed E-state index contributed by atoms with van der Waals surface area (Å²) in [5.74, 6) is -3.02. The number of carboxylic acid groups (broad SMARTS) is 2. The summed E-state index contributed by atoms with van der Waals surface area (Å²) < 4.78 is 0. The summed E-state index contributed by atoms with van der Waals surface area (Å²) in [7, 11) is 2.90. The monoisotopic (exact) mass is 1320 g/mol. The zero-order valence-corrected chi connectivity index (χ0v) is 52.1. The number of nitrogens with two attached hydrogens (primary N) is 2. The molecule has 0 saturated heterocycles. The van der Waals surface area contributed by atoms with Crippen LogP contribution in [0.2, 0.25) is 0 Å². The average molecular weight is 1320 g/mol. The number of benzene rings is 4. The van der Waals surface area contributed by atoms with E-state index in [9.17, 15) is 28.8 Å². The minimum atomic E-state index is -0.972. The smallest absolute Gasteiger partial charge is 0.306 e. The van der Waals surface area contributed by atoms with Crippen LogP contribution in [0.3, 0.4) is 0 Å². The molecule has 0 aliphatic rings. The first-order valence-corrected chi connectivity index (χ1v) is 28.1. The van der Waals surface area contributed by atoms with Gasteiger partial charge in [0.15, 0.2) is 11.6 Å². The molecule has 0 spiro atoms. The third kappa shape index (κ3) is 37.0. The van der Waals surface area contributed by atoms with Gasteiger partial charge in [-0.25, -0.2) is 9.97 Å². The molecule has 8 N–H and O–H groups in total. The van der Waals surface area contributed by atoms with Crippen LogP contribution < -0.4 is 11.1 Å². The van der Waals surface area contributed by atoms with Gasteiger partial charge in [0.2, 0.25) is 5.91 Å². The number of nitrogens with zero attached hydrogens (tertiary/aromatic N) is 2. The van der Waals surface area contributed by atoms with Crippen molar-refractivity contribution in [2.24, 2.45) is 29.4 Å². The van der Waals surface area contributed by atoms with Crippen molar-refractivity contribution in [2.75, 3.05) is 24.6 Å². The van der Waals surface area contributed by atoms with Gasteiger partial charge in [-0.3, -0.25) is 24.0 Å². The average Bonchev–Trinajstić information content (AvgIpc) is 3.43. The Morgan fingerprint density at radius 2 is 1.07 bits per heavy atom. The Morgan fingerprint density at radius 3 is 1.44 bits per heavy atom. The number of ketones is 2. The fourth-order valence-electron chi connectivity index (χ4n) is 5.96. The van der Waals surface area contributed by atoms with Gasteiger partial charge in [-0.1, -0.05) is 162 Å². The van der Waals surface area contributed by atoms with Crippen LogP contribution in [-0.4, -0.2) is 80.1 Å². The quantitative estimate of drug-likeness (QED) is 0.0213. The number of aromatic nitrogens is 2. The summed E-state index contributed by atoms with van der Waals surface area (Å²) in [6.07, 6.45) is 5.02. The second-order valence-corrected chi connectivity index (χ2v) is 21.0. The maximum Gasteiger partial charge on any atom is 0.306 e. The van der Waals surface area contributed by atoms with E-state index in [-0.39, 0.29) is 147 Å². The van der Waals surface area contributed by atoms with Crippen molar-refractivity contribution in [3.63, 3.8) is 0 Å². The van der Waals surface area contributed by atoms with E-state index in [1.807, 2.05) is 104 Å². The van der Waals surface area contributed by atoms with Crippen LogP contribution in [-0.2, 0) is 105 Å². The van der Waals surface area contributed by atoms with E-state index in [1.165, 1.54) is 10.8 Å². The van der Waals surface area contributed by atoms with Gasteiger partial charge in [0.05, 0.1) is 17.7 Å². The molecule has 0 fully saturated rings. The Morgan fingerprint density at radius 1 is 0.637 bits per heavy atom. The number of pyridine rings is 2. The van der Waals surface area contributed by atoms with Crippen molar-refractivity contribution >= 4 is 77.5 Å². The summed E-state index contributed by atoms with van der Waals surface area (Å²) in [4.78, 5) is 77.0. The van der Waals surface area contributed by atoms with Gasteiger partial charge in [0.25, 0.3) is 0 Å². The van der Waals surface area contributed by atoms with E-state index in [4.69, 9.17) is 32.9 Å². The number of carbonyl (C=O) groups excluding carboxylic acids is 4. The summed E-state index contributed by atoms with van der Waals surface area (Å²) >= 11 is 5.19. The summed E-state index contributed by atoms with van der Waals surface area (Å²) in [6.45, 7) is 7.97. The van der Waals surface area contributed by atoms with Crippen LogP contribution in [0.4, 0.5) is 0 Å². The molecule has 6 rings (SSSR count). The maximum absolute atomic E-state index is 12.5. The zero-order valence-electron chi connectivity index (χ0n) is 43.2. The molecule has 2 radical (unpaired) electrons. The molecule has 5 atom stereocenters. The molecule has 2 aromatic heterocycles. The van der Waals surface area contributed by atoms with Gasteiger partial charge < -0.3 is 37.9 Å². The number of amides is 2. The van der Waals surface area contributed by atoms with Gasteiger partial charge in [0, 0.05) is 125 Å². The molecule has 0 bridgehead atoms. The van der Waals surface area contributed by atoms with Gasteiger partial charge in [-0.15, -0.1) is 0 Å². The normalized spacial score (nSPS) is 11.1. The minimum Gasteiger partial charge on any atom is -0.693 e. The Kier molecular flexibility index (Phi) is 57.5. The number of carbonyl (C=O) groups is 6. The molecule has 2 amide bonds. The molecule has 0 saturated carbocycles. The van der Waals surface area contributed by atoms with Crippen molar-refractivity contribution in [3.8, 4) is 0 Å². The van der Waals surface area contributed by atoms with Crippen molar-refractivity contribution in [1.29, 1.82) is 0 Å². The molecule has 20 heteroatoms. The van der Waals surface area contributed by atoms with E-state index in [1.54, 1.807) is 92.5 Å². The molecular formula is C60H82N6O8S4Y2-4. The van der Waals surface area contributed by atoms with Crippen LogP contribution in [0, 0.1) is 35.8 Å². The summed E-state index contributed by atoms with van der Waals surface area (Å²) in [5, 5.41) is 22.0. The third-order valence-corrected chi connectivity index (χ3v) is 15.0. The molecular weight excluding hydrogens is 1240 g/mol. The first-order chi connectivity index (χ1) is 35.1. The Hall–Kier alpha value is -4.20. The molecule has 4 aromatic carbocycles. The van der Waals surface area contributed by atoms with Gasteiger partial charge in [-0.05, 0) is 71.9 Å². The molecule has 14 nitrogen and oxygen atoms in total. The zero-order chi connectivity index (χ0) is 53.8. The van der Waals surface area contributed by atoms with Crippen LogP contribution >= 0.6 is 21.6 Å². The molecule has 2 heterocycles. The van der Waals surface area contributed by atoms with Crippen molar-refractivity contribution in [1.82, 2.24) is 15.3 Å². The van der Waals surface area contributed by atoms with Crippen molar-refractivity contribution in [2.45, 2.75) is 93.1 Å². The predicted octanol–water partition coefficient (Wildman–Crippen LogP) is 13.9. The Labute approximate surface area is 543 Å². The van der Waals surface area contributed by atoms with E-state index in [2.05, 4.69) is 27.4 Å². The second kappa shape index (κ2) is 52.8. The molecule has 0 aliphatic heterocycles. The largest absolute Gasteiger partial charge is 0.693 e. The van der Waals surface area contributed by atoms with Gasteiger partial charge in [0.1, 0.15) is 10.1 Å². The molecule has 6 aromatic rings. The summed E-state index contributed by atoms with van der Waals surface area (Å²) in [6, 6.07) is 49.8. The van der Waals surface area contributed by atoms with Crippen molar-refractivity contribution < 1.29 is 104 Å². The van der Waals surface area contributed by atoms with E-state index in [0.29, 0.717) is 36.4 Å². The van der Waals surface area contributed by atoms with Gasteiger partial charge >= 0.3 is 11.9 Å². The number of carboxylic acids is 2. The fourth-order valence-corrected chi connectivity index (χ4v) is 9.16. The standard InChI is InChI=1S/C18H27N3O4S2.2C13H9O.C7H10N2S2.C5H10O2.4CH4.H2N.2Y/c1-3-13(16(19)22)11-14(10-12(2)18(24)25)17(23)21-8-9-26-27-15-6-4-5-7-20-15;2*14-13(11-7-3-1-4-8-11)12-9-5-2-6-10-12;8-4-6-11(10)7-3-1-2-5-9-7;1-3-4(2)5(6)7;;;;;;;/h4-7,12-14H,3,8-11H2,1-2H3,(H4,19,21,22,23,24,25);2*1,3-10H;1-3,5H,4,6,8H2;4H,3H2,1-2H3,(H,6,7);4*1H4;1H2;;/q;2*-1;;;;;;;-1;;/p-1. The van der Waals surface area contributed by atoms with Crippen LogP contribution in [0.25, 0.3) is 11.9 Å². The molecule has 5 unspecified atom stereocenters. The number of rotatable bonds is 22. The Balaban J connectivity index is -0.000000223. The van der Waals surface area contributed by atoms with E-state index < -0.39 is 35.6 Å². The SMILES string of the molecule is C.C.C.C.CCC(C)C(=O)O.CCC(CC(CC(C)C(=O)O)C(=O)NCCSSc1ccccn1)C([NH-])=O.NCCS(=S)c1ccccn1.O=C(c1cc[c-]cc1)c1ccccc1.O=C(c1cc[c-]cc1)c1ccccc1.[NH2-].[Y].[Y]. The first kappa shape index (κ1) is 87.0. The van der Waals surface area contributed by atoms with Gasteiger partial charge in [-0.2, -0.15) is 60.7 Å². The summed E-state index contributed by atoms with van der Waals surface area (Å²) in [5.41, 5.74) is 15.5. The molecule has 434 valence electrons. The predicted molar refractivity (Wildman–Crippen MR) is 329 cm³/mol. The van der Waals surface area contributed by atoms with Crippen LogP contribution in [0.15, 0.2) is 168 Å². The molecule has 0 aliphatic carbocycles. The van der Waals surface area contributed by atoms with Crippen LogP contribution in [0.1, 0.15) is 115 Å². The number of nitrogens with one attached hydrogen (secondary N) is 2.